The van der Waals surface area contributed by atoms with E-state index in [0.717, 1.165) is 43.1 Å². The summed E-state index contributed by atoms with van der Waals surface area (Å²) in [6.45, 7) is 3.89. The lowest BCUT2D eigenvalue weighted by Crippen LogP contribution is -2.52. The Balaban J connectivity index is 1.34. The van der Waals surface area contributed by atoms with Gasteiger partial charge in [-0.05, 0) is 44.2 Å². The van der Waals surface area contributed by atoms with Crippen molar-refractivity contribution in [1.82, 2.24) is 9.80 Å². The zero-order chi connectivity index (χ0) is 21.8. The molecule has 0 spiro atoms. The normalized spacial score (nSPS) is 22.0. The Morgan fingerprint density at radius 2 is 1.65 bits per heavy atom. The van der Waals surface area contributed by atoms with Crippen molar-refractivity contribution in [3.8, 4) is 11.5 Å². The van der Waals surface area contributed by atoms with E-state index in [9.17, 15) is 9.59 Å². The van der Waals surface area contributed by atoms with Gasteiger partial charge in [0.1, 0.15) is 0 Å². The summed E-state index contributed by atoms with van der Waals surface area (Å²) >= 11 is 0. The molecule has 31 heavy (non-hydrogen) atoms. The topological polar surface area (TPSA) is 71.6 Å². The number of anilines is 1. The van der Waals surface area contributed by atoms with Gasteiger partial charge in [-0.2, -0.15) is 0 Å². The molecular formula is C23H33N3O5. The van der Waals surface area contributed by atoms with Crippen LogP contribution in [0, 0.1) is 5.92 Å². The van der Waals surface area contributed by atoms with Crippen LogP contribution in [-0.4, -0.2) is 81.4 Å². The Morgan fingerprint density at radius 1 is 0.903 bits per heavy atom. The first kappa shape index (κ1) is 21.6. The monoisotopic (exact) mass is 431 g/mol. The molecule has 2 amide bonds. The molecule has 1 saturated carbocycles. The summed E-state index contributed by atoms with van der Waals surface area (Å²) in [6, 6.07) is 6.11. The van der Waals surface area contributed by atoms with Crippen LogP contribution in [0.2, 0.25) is 0 Å². The number of esters is 1. The van der Waals surface area contributed by atoms with E-state index < -0.39 is 0 Å². The molecular weight excluding hydrogens is 398 g/mol. The fourth-order valence-corrected chi connectivity index (χ4v) is 4.79. The molecule has 2 heterocycles. The second-order valence-corrected chi connectivity index (χ2v) is 8.57. The molecule has 4 rings (SSSR count). The Labute approximate surface area is 184 Å². The maximum absolute atomic E-state index is 12.9. The molecule has 0 N–H and O–H groups in total. The summed E-state index contributed by atoms with van der Waals surface area (Å²) in [5.74, 6) is 1.14. The number of methoxy groups -OCH3 is 2. The highest BCUT2D eigenvalue weighted by Gasteiger charge is 2.34. The van der Waals surface area contributed by atoms with Gasteiger partial charge in [0.2, 0.25) is 0 Å². The van der Waals surface area contributed by atoms with Crippen LogP contribution in [0.4, 0.5) is 10.5 Å². The smallest absolute Gasteiger partial charge is 0.320 e. The highest BCUT2D eigenvalue weighted by molar-refractivity contribution is 5.78. The van der Waals surface area contributed by atoms with Crippen LogP contribution in [0.15, 0.2) is 18.2 Å². The van der Waals surface area contributed by atoms with Crippen molar-refractivity contribution >= 4 is 17.7 Å². The van der Waals surface area contributed by atoms with Gasteiger partial charge < -0.3 is 28.9 Å². The molecule has 8 nitrogen and oxygen atoms in total. The van der Waals surface area contributed by atoms with E-state index in [4.69, 9.17) is 14.2 Å². The standard InChI is InChI=1S/C23H33N3O5/c1-29-20-8-7-18(15-21(20)31-19-5-3-4-6-19)24-11-13-25(14-12-24)23(28)26-10-9-17(16-26)22(27)30-2/h7-8,15,17,19H,3-6,9-14,16H2,1-2H3. The van der Waals surface area contributed by atoms with Crippen LogP contribution >= 0.6 is 0 Å². The minimum Gasteiger partial charge on any atom is -0.493 e. The molecule has 3 fully saturated rings. The number of piperazine rings is 1. The van der Waals surface area contributed by atoms with E-state index in [0.29, 0.717) is 32.6 Å². The summed E-state index contributed by atoms with van der Waals surface area (Å²) in [5.41, 5.74) is 1.09. The summed E-state index contributed by atoms with van der Waals surface area (Å²) in [7, 11) is 3.07. The van der Waals surface area contributed by atoms with Crippen molar-refractivity contribution in [2.75, 3.05) is 58.4 Å². The second-order valence-electron chi connectivity index (χ2n) is 8.57. The molecule has 0 aromatic heterocycles. The minimum absolute atomic E-state index is 0.0195. The van der Waals surface area contributed by atoms with Crippen molar-refractivity contribution in [3.05, 3.63) is 18.2 Å². The molecule has 8 heteroatoms. The molecule has 3 aliphatic rings. The number of urea groups is 1. The van der Waals surface area contributed by atoms with Crippen molar-refractivity contribution in [3.63, 3.8) is 0 Å². The lowest BCUT2D eigenvalue weighted by molar-refractivity contribution is -0.144. The minimum atomic E-state index is -0.227. The predicted octanol–water partition coefficient (Wildman–Crippen LogP) is 2.75. The Kier molecular flexibility index (Phi) is 6.73. The van der Waals surface area contributed by atoms with Gasteiger partial charge in [0.25, 0.3) is 0 Å². The van der Waals surface area contributed by atoms with Crippen LogP contribution < -0.4 is 14.4 Å². The van der Waals surface area contributed by atoms with Gasteiger partial charge >= 0.3 is 12.0 Å². The fourth-order valence-electron chi connectivity index (χ4n) is 4.79. The maximum Gasteiger partial charge on any atom is 0.320 e. The average molecular weight is 432 g/mol. The summed E-state index contributed by atoms with van der Waals surface area (Å²) in [4.78, 5) is 30.6. The van der Waals surface area contributed by atoms with Gasteiger partial charge in [-0.1, -0.05) is 0 Å². The molecule has 1 atom stereocenters. The molecule has 0 bridgehead atoms. The first-order valence-corrected chi connectivity index (χ1v) is 11.3. The van der Waals surface area contributed by atoms with Crippen LogP contribution in [0.25, 0.3) is 0 Å². The number of amides is 2. The van der Waals surface area contributed by atoms with Gasteiger partial charge in [0.05, 0.1) is 26.2 Å². The number of carbonyl (C=O) groups is 2. The number of likely N-dealkylation sites (tertiary alicyclic amines) is 1. The highest BCUT2D eigenvalue weighted by Crippen LogP contribution is 2.35. The van der Waals surface area contributed by atoms with Crippen LogP contribution in [-0.2, 0) is 9.53 Å². The Morgan fingerprint density at radius 3 is 2.32 bits per heavy atom. The predicted molar refractivity (Wildman–Crippen MR) is 117 cm³/mol. The average Bonchev–Trinajstić information content (AvgIpc) is 3.50. The summed E-state index contributed by atoms with van der Waals surface area (Å²) < 4.78 is 16.6. The maximum atomic E-state index is 12.9. The van der Waals surface area contributed by atoms with Crippen molar-refractivity contribution in [2.45, 2.75) is 38.2 Å². The number of benzene rings is 1. The largest absolute Gasteiger partial charge is 0.493 e. The van der Waals surface area contributed by atoms with Gasteiger partial charge in [-0.25, -0.2) is 4.79 Å². The number of rotatable bonds is 5. The molecule has 1 aromatic carbocycles. The lowest BCUT2D eigenvalue weighted by atomic mass is 10.1. The first-order chi connectivity index (χ1) is 15.1. The number of hydrogen-bond acceptors (Lipinski definition) is 6. The van der Waals surface area contributed by atoms with Crippen LogP contribution in [0.5, 0.6) is 11.5 Å². The van der Waals surface area contributed by atoms with E-state index in [1.165, 1.54) is 20.0 Å². The zero-order valence-electron chi connectivity index (χ0n) is 18.5. The van der Waals surface area contributed by atoms with E-state index in [2.05, 4.69) is 17.0 Å². The van der Waals surface area contributed by atoms with E-state index in [1.54, 1.807) is 12.0 Å². The van der Waals surface area contributed by atoms with Crippen LogP contribution in [0.1, 0.15) is 32.1 Å². The number of hydrogen-bond donors (Lipinski definition) is 0. The number of nitrogens with zero attached hydrogens (tertiary/aromatic N) is 3. The molecule has 1 unspecified atom stereocenters. The third-order valence-electron chi connectivity index (χ3n) is 6.65. The lowest BCUT2D eigenvalue weighted by Gasteiger charge is -2.38. The van der Waals surface area contributed by atoms with Crippen molar-refractivity contribution in [1.29, 1.82) is 0 Å². The van der Waals surface area contributed by atoms with Gasteiger partial charge in [-0.3, -0.25) is 4.79 Å². The molecule has 1 aromatic rings. The highest BCUT2D eigenvalue weighted by atomic mass is 16.5. The van der Waals surface area contributed by atoms with E-state index in [-0.39, 0.29) is 24.0 Å². The third-order valence-corrected chi connectivity index (χ3v) is 6.65. The van der Waals surface area contributed by atoms with Gasteiger partial charge in [0.15, 0.2) is 11.5 Å². The molecule has 1 aliphatic carbocycles. The summed E-state index contributed by atoms with van der Waals surface area (Å²) in [6.07, 6.45) is 5.59. The van der Waals surface area contributed by atoms with Crippen molar-refractivity contribution in [2.24, 2.45) is 5.92 Å². The SMILES string of the molecule is COC(=O)C1CCN(C(=O)N2CCN(c3ccc(OC)c(OC4CCCC4)c3)CC2)C1. The number of carbonyl (C=O) groups excluding carboxylic acids is 2. The first-order valence-electron chi connectivity index (χ1n) is 11.3. The molecule has 170 valence electrons. The van der Waals surface area contributed by atoms with E-state index in [1.807, 2.05) is 11.0 Å². The van der Waals surface area contributed by atoms with Gasteiger partial charge in [0, 0.05) is 51.0 Å². The Hall–Kier alpha value is -2.64. The Bertz CT molecular complexity index is 787. The molecule has 0 radical (unpaired) electrons. The van der Waals surface area contributed by atoms with Gasteiger partial charge in [-0.15, -0.1) is 0 Å². The fraction of sp³-hybridized carbons (Fsp3) is 0.652. The molecule has 2 aliphatic heterocycles. The molecule has 2 saturated heterocycles. The van der Waals surface area contributed by atoms with Crippen molar-refractivity contribution < 1.29 is 23.8 Å². The van der Waals surface area contributed by atoms with E-state index >= 15 is 0 Å². The number of ether oxygens (including phenoxy) is 3. The summed E-state index contributed by atoms with van der Waals surface area (Å²) in [5, 5.41) is 0. The third kappa shape index (κ3) is 4.83. The quantitative estimate of drug-likeness (QED) is 0.668. The zero-order valence-corrected chi connectivity index (χ0v) is 18.5. The second kappa shape index (κ2) is 9.66. The van der Waals surface area contributed by atoms with Crippen LogP contribution in [0.3, 0.4) is 0 Å².